The Bertz CT molecular complexity index is 503. The van der Waals surface area contributed by atoms with Crippen LogP contribution in [0.2, 0.25) is 0 Å². The average molecular weight is 250 g/mol. The number of aliphatic hydroxyl groups is 1. The summed E-state index contributed by atoms with van der Waals surface area (Å²) in [5.41, 5.74) is 6.26. The van der Waals surface area contributed by atoms with Gasteiger partial charge >= 0.3 is 0 Å². The van der Waals surface area contributed by atoms with E-state index in [0.29, 0.717) is 23.7 Å². The third-order valence-electron chi connectivity index (χ3n) is 2.67. The van der Waals surface area contributed by atoms with E-state index in [4.69, 9.17) is 5.73 Å². The molecule has 4 N–H and O–H groups in total. The van der Waals surface area contributed by atoms with Crippen molar-refractivity contribution in [3.05, 3.63) is 23.9 Å². The molecule has 7 nitrogen and oxygen atoms in total. The van der Waals surface area contributed by atoms with Gasteiger partial charge in [0.25, 0.3) is 0 Å². The predicted molar refractivity (Wildman–Crippen MR) is 66.5 cm³/mol. The molecule has 0 aliphatic rings. The van der Waals surface area contributed by atoms with Gasteiger partial charge in [0.15, 0.2) is 0 Å². The van der Waals surface area contributed by atoms with Crippen LogP contribution in [0.5, 0.6) is 0 Å². The summed E-state index contributed by atoms with van der Waals surface area (Å²) in [7, 11) is 0. The molecule has 0 radical (unpaired) electrons. The number of nitrogens with one attached hydrogen (secondary N) is 1. The maximum Gasteiger partial charge on any atom is 0.138 e. The molecule has 98 valence electrons. The van der Waals surface area contributed by atoms with Crippen LogP contribution in [0.15, 0.2) is 12.5 Å². The molecule has 2 aromatic heterocycles. The van der Waals surface area contributed by atoms with E-state index in [9.17, 15) is 5.11 Å². The quantitative estimate of drug-likeness (QED) is 0.717. The minimum Gasteiger partial charge on any atom is -0.388 e. The van der Waals surface area contributed by atoms with Crippen molar-refractivity contribution < 1.29 is 5.11 Å². The second-order valence-corrected chi connectivity index (χ2v) is 4.71. The number of H-pyrrole nitrogens is 1. The smallest absolute Gasteiger partial charge is 0.138 e. The Morgan fingerprint density at radius 2 is 2.28 bits per heavy atom. The van der Waals surface area contributed by atoms with Crippen molar-refractivity contribution in [2.45, 2.75) is 32.9 Å². The number of nitrogens with zero attached hydrogens (tertiary/aromatic N) is 4. The largest absolute Gasteiger partial charge is 0.388 e. The van der Waals surface area contributed by atoms with Crippen LogP contribution in [0.1, 0.15) is 31.3 Å². The van der Waals surface area contributed by atoms with E-state index >= 15 is 0 Å². The third-order valence-corrected chi connectivity index (χ3v) is 2.67. The molecule has 0 fully saturated rings. The molecule has 2 rings (SSSR count). The van der Waals surface area contributed by atoms with Crippen LogP contribution in [-0.4, -0.2) is 30.1 Å². The predicted octanol–water partition coefficient (Wildman–Crippen LogP) is 0.516. The van der Waals surface area contributed by atoms with Crippen LogP contribution < -0.4 is 5.73 Å². The number of anilines is 1. The number of nitrogens with two attached hydrogens (primary N) is 1. The molecule has 0 aliphatic heterocycles. The molecule has 1 unspecified atom stereocenters. The molecule has 1 atom stereocenters. The molecule has 0 spiro atoms. The first-order valence-electron chi connectivity index (χ1n) is 5.91. The fourth-order valence-electron chi connectivity index (χ4n) is 1.80. The molecule has 0 aromatic carbocycles. The molecule has 0 aliphatic carbocycles. The van der Waals surface area contributed by atoms with Gasteiger partial charge in [-0.25, -0.2) is 9.67 Å². The Hall–Kier alpha value is -1.89. The monoisotopic (exact) mass is 250 g/mol. The first kappa shape index (κ1) is 12.6. The summed E-state index contributed by atoms with van der Waals surface area (Å²) in [6.45, 7) is 4.99. The fraction of sp³-hybridized carbons (Fsp3) is 0.545. The van der Waals surface area contributed by atoms with E-state index in [0.717, 1.165) is 12.4 Å². The third kappa shape index (κ3) is 2.67. The van der Waals surface area contributed by atoms with E-state index in [1.807, 2.05) is 4.68 Å². The zero-order valence-electron chi connectivity index (χ0n) is 10.5. The van der Waals surface area contributed by atoms with E-state index in [1.165, 1.54) is 12.5 Å². The number of aromatic amines is 1. The van der Waals surface area contributed by atoms with E-state index in [2.05, 4.69) is 34.1 Å². The lowest BCUT2D eigenvalue weighted by Gasteiger charge is -2.11. The minimum absolute atomic E-state index is 0.371. The second-order valence-electron chi connectivity index (χ2n) is 4.71. The van der Waals surface area contributed by atoms with Crippen LogP contribution in [0.25, 0.3) is 0 Å². The standard InChI is InChI=1S/C11H18N6O/c1-7(2)5-17-10(13-6-15-17)3-9(18)8-4-14-16-11(8)12/h4,6-7,9,18H,3,5H2,1-2H3,(H3,12,14,16). The van der Waals surface area contributed by atoms with Crippen LogP contribution >= 0.6 is 0 Å². The van der Waals surface area contributed by atoms with Crippen molar-refractivity contribution in [3.8, 4) is 0 Å². The molecule has 2 heterocycles. The van der Waals surface area contributed by atoms with Crippen molar-refractivity contribution in [2.75, 3.05) is 5.73 Å². The number of nitrogen functional groups attached to an aromatic ring is 1. The Labute approximate surface area is 105 Å². The summed E-state index contributed by atoms with van der Waals surface area (Å²) in [5, 5.41) is 20.6. The summed E-state index contributed by atoms with van der Waals surface area (Å²) >= 11 is 0. The molecular formula is C11H18N6O. The molecule has 2 aromatic rings. The molecule has 0 amide bonds. The highest BCUT2D eigenvalue weighted by Gasteiger charge is 2.17. The lowest BCUT2D eigenvalue weighted by Crippen LogP contribution is -2.13. The van der Waals surface area contributed by atoms with Gasteiger partial charge in [-0.15, -0.1) is 0 Å². The van der Waals surface area contributed by atoms with Crippen LogP contribution in [-0.2, 0) is 13.0 Å². The van der Waals surface area contributed by atoms with Crippen molar-refractivity contribution in [1.82, 2.24) is 25.0 Å². The first-order valence-corrected chi connectivity index (χ1v) is 5.91. The highest BCUT2D eigenvalue weighted by Crippen LogP contribution is 2.20. The Balaban J connectivity index is 2.10. The second kappa shape index (κ2) is 5.18. The molecule has 0 bridgehead atoms. The van der Waals surface area contributed by atoms with Crippen LogP contribution in [0, 0.1) is 5.92 Å². The number of rotatable bonds is 5. The molecular weight excluding hydrogens is 232 g/mol. The number of hydrogen-bond acceptors (Lipinski definition) is 5. The topological polar surface area (TPSA) is 106 Å². The Morgan fingerprint density at radius 3 is 2.89 bits per heavy atom. The Morgan fingerprint density at radius 1 is 1.50 bits per heavy atom. The first-order chi connectivity index (χ1) is 8.58. The fourth-order valence-corrected chi connectivity index (χ4v) is 1.80. The summed E-state index contributed by atoms with van der Waals surface area (Å²) in [6.07, 6.45) is 2.68. The minimum atomic E-state index is -0.723. The van der Waals surface area contributed by atoms with Crippen LogP contribution in [0.4, 0.5) is 5.82 Å². The summed E-state index contributed by atoms with van der Waals surface area (Å²) in [6, 6.07) is 0. The van der Waals surface area contributed by atoms with Gasteiger partial charge < -0.3 is 10.8 Å². The van der Waals surface area contributed by atoms with Crippen molar-refractivity contribution in [2.24, 2.45) is 5.92 Å². The van der Waals surface area contributed by atoms with Crippen molar-refractivity contribution in [3.63, 3.8) is 0 Å². The van der Waals surface area contributed by atoms with Gasteiger partial charge in [0.05, 0.1) is 12.3 Å². The summed E-state index contributed by atoms with van der Waals surface area (Å²) in [5.74, 6) is 1.61. The number of aromatic nitrogens is 5. The van der Waals surface area contributed by atoms with E-state index < -0.39 is 6.10 Å². The number of hydrogen-bond donors (Lipinski definition) is 3. The summed E-state index contributed by atoms with van der Waals surface area (Å²) in [4.78, 5) is 4.17. The summed E-state index contributed by atoms with van der Waals surface area (Å²) < 4.78 is 1.81. The zero-order valence-corrected chi connectivity index (χ0v) is 10.5. The van der Waals surface area contributed by atoms with Gasteiger partial charge in [-0.1, -0.05) is 13.8 Å². The molecule has 0 saturated carbocycles. The van der Waals surface area contributed by atoms with E-state index in [-0.39, 0.29) is 0 Å². The molecule has 7 heteroatoms. The normalized spacial score (nSPS) is 13.1. The average Bonchev–Trinajstić information content (AvgIpc) is 2.88. The molecule has 18 heavy (non-hydrogen) atoms. The highest BCUT2D eigenvalue weighted by atomic mass is 16.3. The highest BCUT2D eigenvalue weighted by molar-refractivity contribution is 5.38. The van der Waals surface area contributed by atoms with Crippen molar-refractivity contribution in [1.29, 1.82) is 0 Å². The maximum absolute atomic E-state index is 10.1. The van der Waals surface area contributed by atoms with Gasteiger partial charge in [-0.3, -0.25) is 5.10 Å². The Kier molecular flexibility index (Phi) is 3.61. The van der Waals surface area contributed by atoms with Gasteiger partial charge in [0.1, 0.15) is 18.0 Å². The lowest BCUT2D eigenvalue weighted by molar-refractivity contribution is 0.174. The van der Waals surface area contributed by atoms with Gasteiger partial charge in [0, 0.05) is 18.5 Å². The van der Waals surface area contributed by atoms with Gasteiger partial charge in [0.2, 0.25) is 0 Å². The van der Waals surface area contributed by atoms with Crippen molar-refractivity contribution >= 4 is 5.82 Å². The maximum atomic E-state index is 10.1. The van der Waals surface area contributed by atoms with Gasteiger partial charge in [-0.2, -0.15) is 10.2 Å². The van der Waals surface area contributed by atoms with Crippen LogP contribution in [0.3, 0.4) is 0 Å². The van der Waals surface area contributed by atoms with E-state index in [1.54, 1.807) is 0 Å². The molecule has 0 saturated heterocycles. The SMILES string of the molecule is CC(C)Cn1ncnc1CC(O)c1cn[nH]c1N. The zero-order chi connectivity index (χ0) is 13.1. The lowest BCUT2D eigenvalue weighted by atomic mass is 10.1. The van der Waals surface area contributed by atoms with Gasteiger partial charge in [-0.05, 0) is 5.92 Å². The number of aliphatic hydroxyl groups excluding tert-OH is 1.